The van der Waals surface area contributed by atoms with E-state index in [-0.39, 0.29) is 5.91 Å². The third-order valence-corrected chi connectivity index (χ3v) is 5.15. The highest BCUT2D eigenvalue weighted by molar-refractivity contribution is 7.20. The Morgan fingerprint density at radius 1 is 1.43 bits per heavy atom. The molecule has 2 aromatic heterocycles. The van der Waals surface area contributed by atoms with Crippen LogP contribution in [-0.2, 0) is 11.8 Å². The molecule has 1 aliphatic heterocycles. The SMILES string of the molecule is Cc1nn(C)c2sc(C(=O)N3CCCCC3C(=O)O)cc12. The summed E-state index contributed by atoms with van der Waals surface area (Å²) in [5.41, 5.74) is 0.885. The number of carboxylic acids is 1. The Hall–Kier alpha value is -1.89. The van der Waals surface area contributed by atoms with E-state index >= 15 is 0 Å². The van der Waals surface area contributed by atoms with Gasteiger partial charge in [0.1, 0.15) is 10.9 Å². The number of nitrogens with zero attached hydrogens (tertiary/aromatic N) is 3. The van der Waals surface area contributed by atoms with Crippen molar-refractivity contribution in [2.45, 2.75) is 32.2 Å². The zero-order valence-electron chi connectivity index (χ0n) is 12.0. The number of thiophene rings is 1. The fourth-order valence-electron chi connectivity index (χ4n) is 2.88. The first-order valence-corrected chi connectivity index (χ1v) is 7.77. The molecule has 1 aliphatic rings. The fraction of sp³-hybridized carbons (Fsp3) is 0.500. The van der Waals surface area contributed by atoms with E-state index in [4.69, 9.17) is 0 Å². The number of amides is 1. The number of hydrogen-bond donors (Lipinski definition) is 1. The summed E-state index contributed by atoms with van der Waals surface area (Å²) in [6.45, 7) is 2.42. The third kappa shape index (κ3) is 2.31. The monoisotopic (exact) mass is 307 g/mol. The third-order valence-electron chi connectivity index (χ3n) is 3.96. The van der Waals surface area contributed by atoms with Gasteiger partial charge in [-0.1, -0.05) is 0 Å². The number of carbonyl (C=O) groups excluding carboxylic acids is 1. The zero-order chi connectivity index (χ0) is 15.1. The molecule has 3 heterocycles. The van der Waals surface area contributed by atoms with Crippen molar-refractivity contribution in [2.75, 3.05) is 6.54 Å². The van der Waals surface area contributed by atoms with E-state index in [0.717, 1.165) is 28.8 Å². The highest BCUT2D eigenvalue weighted by Gasteiger charge is 2.33. The lowest BCUT2D eigenvalue weighted by Crippen LogP contribution is -2.47. The summed E-state index contributed by atoms with van der Waals surface area (Å²) in [5.74, 6) is -1.09. The summed E-state index contributed by atoms with van der Waals surface area (Å²) >= 11 is 1.38. The lowest BCUT2D eigenvalue weighted by molar-refractivity contribution is -0.143. The van der Waals surface area contributed by atoms with E-state index < -0.39 is 12.0 Å². The van der Waals surface area contributed by atoms with E-state index in [0.29, 0.717) is 17.8 Å². The predicted octanol–water partition coefficient (Wildman–Crippen LogP) is 2.02. The first-order chi connectivity index (χ1) is 9.99. The number of aromatic nitrogens is 2. The summed E-state index contributed by atoms with van der Waals surface area (Å²) in [4.78, 5) is 27.0. The number of hydrogen-bond acceptors (Lipinski definition) is 4. The van der Waals surface area contributed by atoms with Crippen LogP contribution in [0.15, 0.2) is 6.07 Å². The highest BCUT2D eigenvalue weighted by Crippen LogP contribution is 2.30. The van der Waals surface area contributed by atoms with Crippen molar-refractivity contribution in [3.8, 4) is 0 Å². The number of fused-ring (bicyclic) bond motifs is 1. The number of piperidine rings is 1. The molecule has 0 radical (unpaired) electrons. The van der Waals surface area contributed by atoms with Gasteiger partial charge < -0.3 is 10.0 Å². The topological polar surface area (TPSA) is 75.4 Å². The minimum Gasteiger partial charge on any atom is -0.480 e. The van der Waals surface area contributed by atoms with Crippen molar-refractivity contribution < 1.29 is 14.7 Å². The van der Waals surface area contributed by atoms with Crippen molar-refractivity contribution in [2.24, 2.45) is 7.05 Å². The van der Waals surface area contributed by atoms with Crippen LogP contribution in [0.5, 0.6) is 0 Å². The first-order valence-electron chi connectivity index (χ1n) is 6.96. The summed E-state index contributed by atoms with van der Waals surface area (Å²) in [6, 6.07) is 1.13. The Morgan fingerprint density at radius 3 is 2.86 bits per heavy atom. The molecule has 1 saturated heterocycles. The van der Waals surface area contributed by atoms with Gasteiger partial charge in [-0.2, -0.15) is 5.10 Å². The number of rotatable bonds is 2. The molecule has 0 saturated carbocycles. The van der Waals surface area contributed by atoms with Crippen molar-refractivity contribution in [1.82, 2.24) is 14.7 Å². The Kier molecular flexibility index (Phi) is 3.44. The van der Waals surface area contributed by atoms with Crippen LogP contribution in [0.3, 0.4) is 0 Å². The second-order valence-electron chi connectivity index (χ2n) is 5.39. The molecule has 0 bridgehead atoms. The lowest BCUT2D eigenvalue weighted by atomic mass is 10.0. The molecule has 7 heteroatoms. The maximum atomic E-state index is 12.6. The normalized spacial score (nSPS) is 19.1. The van der Waals surface area contributed by atoms with E-state index in [9.17, 15) is 14.7 Å². The van der Waals surface area contributed by atoms with Gasteiger partial charge in [0.05, 0.1) is 10.6 Å². The minimum absolute atomic E-state index is 0.178. The summed E-state index contributed by atoms with van der Waals surface area (Å²) in [7, 11) is 1.85. The number of aryl methyl sites for hydroxylation is 2. The second kappa shape index (κ2) is 5.14. The second-order valence-corrected chi connectivity index (χ2v) is 6.42. The molecule has 1 unspecified atom stereocenters. The molecule has 21 heavy (non-hydrogen) atoms. The van der Waals surface area contributed by atoms with Crippen molar-refractivity contribution in [3.63, 3.8) is 0 Å². The zero-order valence-corrected chi connectivity index (χ0v) is 12.8. The summed E-state index contributed by atoms with van der Waals surface area (Å²) in [5, 5.41) is 14.6. The Balaban J connectivity index is 1.95. The van der Waals surface area contributed by atoms with E-state index in [2.05, 4.69) is 5.10 Å². The van der Waals surface area contributed by atoms with Crippen LogP contribution in [0.25, 0.3) is 10.2 Å². The highest BCUT2D eigenvalue weighted by atomic mass is 32.1. The summed E-state index contributed by atoms with van der Waals surface area (Å²) < 4.78 is 1.76. The summed E-state index contributed by atoms with van der Waals surface area (Å²) in [6.07, 6.45) is 2.25. The van der Waals surface area contributed by atoms with Crippen LogP contribution in [0.2, 0.25) is 0 Å². The number of aliphatic carboxylic acids is 1. The number of carbonyl (C=O) groups is 2. The van der Waals surface area contributed by atoms with Crippen LogP contribution in [0.4, 0.5) is 0 Å². The van der Waals surface area contributed by atoms with Gasteiger partial charge in [0, 0.05) is 19.0 Å². The lowest BCUT2D eigenvalue weighted by Gasteiger charge is -2.32. The van der Waals surface area contributed by atoms with Crippen LogP contribution in [0, 0.1) is 6.92 Å². The van der Waals surface area contributed by atoms with Gasteiger partial charge in [-0.25, -0.2) is 4.79 Å². The van der Waals surface area contributed by atoms with E-state index in [1.165, 1.54) is 16.2 Å². The molecule has 0 aliphatic carbocycles. The van der Waals surface area contributed by atoms with Gasteiger partial charge in [0.2, 0.25) is 0 Å². The smallest absolute Gasteiger partial charge is 0.326 e. The van der Waals surface area contributed by atoms with Gasteiger partial charge in [0.25, 0.3) is 5.91 Å². The molecule has 1 amide bonds. The Bertz CT molecular complexity index is 684. The van der Waals surface area contributed by atoms with Gasteiger partial charge in [0.15, 0.2) is 0 Å². The molecule has 1 N–H and O–H groups in total. The van der Waals surface area contributed by atoms with Gasteiger partial charge in [-0.3, -0.25) is 9.48 Å². The molecule has 112 valence electrons. The Morgan fingerprint density at radius 2 is 2.19 bits per heavy atom. The standard InChI is InChI=1S/C14H17N3O3S/c1-8-9-7-11(21-13(9)16(2)15-8)12(18)17-6-4-3-5-10(17)14(19)20/h7,10H,3-6H2,1-2H3,(H,19,20). The predicted molar refractivity (Wildman–Crippen MR) is 79.6 cm³/mol. The molecule has 1 atom stereocenters. The average molecular weight is 307 g/mol. The fourth-order valence-corrected chi connectivity index (χ4v) is 3.96. The van der Waals surface area contributed by atoms with Crippen LogP contribution in [-0.4, -0.2) is 44.3 Å². The van der Waals surface area contributed by atoms with E-state index in [1.807, 2.05) is 20.0 Å². The quantitative estimate of drug-likeness (QED) is 0.921. The molecule has 1 fully saturated rings. The molecular formula is C14H17N3O3S. The minimum atomic E-state index is -0.915. The Labute approximate surface area is 126 Å². The van der Waals surface area contributed by atoms with Crippen molar-refractivity contribution in [3.05, 3.63) is 16.6 Å². The largest absolute Gasteiger partial charge is 0.480 e. The molecular weight excluding hydrogens is 290 g/mol. The van der Waals surface area contributed by atoms with Crippen molar-refractivity contribution in [1.29, 1.82) is 0 Å². The number of carboxylic acid groups (broad SMARTS) is 1. The molecule has 6 nitrogen and oxygen atoms in total. The van der Waals surface area contributed by atoms with Crippen LogP contribution < -0.4 is 0 Å². The van der Waals surface area contributed by atoms with Crippen LogP contribution >= 0.6 is 11.3 Å². The van der Waals surface area contributed by atoms with Gasteiger partial charge >= 0.3 is 5.97 Å². The maximum absolute atomic E-state index is 12.6. The maximum Gasteiger partial charge on any atom is 0.326 e. The molecule has 0 aromatic carbocycles. The average Bonchev–Trinajstić information content (AvgIpc) is 3.01. The van der Waals surface area contributed by atoms with Crippen molar-refractivity contribution >= 4 is 33.4 Å². The van der Waals surface area contributed by atoms with Crippen LogP contribution in [0.1, 0.15) is 34.6 Å². The first kappa shape index (κ1) is 14.1. The van der Waals surface area contributed by atoms with E-state index in [1.54, 1.807) is 4.68 Å². The molecule has 3 rings (SSSR count). The molecule has 0 spiro atoms. The van der Waals surface area contributed by atoms with Gasteiger partial charge in [-0.05, 0) is 32.3 Å². The van der Waals surface area contributed by atoms with Gasteiger partial charge in [-0.15, -0.1) is 11.3 Å². The number of likely N-dealkylation sites (tertiary alicyclic amines) is 1. The molecule has 2 aromatic rings.